The molecule has 6 nitrogen and oxygen atoms in total. The van der Waals surface area contributed by atoms with Crippen LogP contribution in [-0.2, 0) is 22.6 Å². The van der Waals surface area contributed by atoms with Gasteiger partial charge in [-0.15, -0.1) is 11.3 Å². The lowest BCUT2D eigenvalue weighted by molar-refractivity contribution is 0.0453. The van der Waals surface area contributed by atoms with Gasteiger partial charge < -0.3 is 24.3 Å². The van der Waals surface area contributed by atoms with Crippen LogP contribution in [0.5, 0.6) is 11.5 Å². The highest BCUT2D eigenvalue weighted by molar-refractivity contribution is 7.17. The molecule has 3 aromatic rings. The van der Waals surface area contributed by atoms with Gasteiger partial charge in [0.15, 0.2) is 11.5 Å². The summed E-state index contributed by atoms with van der Waals surface area (Å²) in [4.78, 5) is 14.4. The summed E-state index contributed by atoms with van der Waals surface area (Å²) in [6.07, 6.45) is 0. The molecule has 0 aliphatic carbocycles. The van der Waals surface area contributed by atoms with E-state index in [0.29, 0.717) is 51.1 Å². The predicted octanol–water partition coefficient (Wildman–Crippen LogP) is 4.67. The lowest BCUT2D eigenvalue weighted by Gasteiger charge is -2.18. The molecule has 7 heteroatoms. The van der Waals surface area contributed by atoms with Crippen LogP contribution in [0.1, 0.15) is 27.7 Å². The highest BCUT2D eigenvalue weighted by Gasteiger charge is 2.15. The van der Waals surface area contributed by atoms with E-state index >= 15 is 0 Å². The molecule has 2 heterocycles. The smallest absolute Gasteiger partial charge is 0.261 e. The zero-order valence-corrected chi connectivity index (χ0v) is 18.9. The average Bonchev–Trinajstić information content (AvgIpc) is 3.33. The van der Waals surface area contributed by atoms with Crippen LogP contribution >= 0.6 is 11.3 Å². The van der Waals surface area contributed by atoms with Crippen molar-refractivity contribution >= 4 is 17.2 Å². The standard InChI is InChI=1S/C25H27NO5S/c1-2-28-10-11-29-17-19-5-3-4-18(14-19)16-26-25(27)24-9-8-23(32-24)20-6-7-21-22(15-20)31-13-12-30-21/h3-9,14-15H,2,10-13,16-17H2,1H3,(H,26,27). The Morgan fingerprint density at radius 3 is 2.66 bits per heavy atom. The molecule has 168 valence electrons. The number of rotatable bonds is 10. The number of hydrogen-bond acceptors (Lipinski definition) is 6. The lowest BCUT2D eigenvalue weighted by Crippen LogP contribution is -2.21. The summed E-state index contributed by atoms with van der Waals surface area (Å²) < 4.78 is 22.1. The van der Waals surface area contributed by atoms with Crippen molar-refractivity contribution in [2.24, 2.45) is 0 Å². The fourth-order valence-electron chi connectivity index (χ4n) is 3.36. The maximum Gasteiger partial charge on any atom is 0.261 e. The van der Waals surface area contributed by atoms with Gasteiger partial charge in [0, 0.05) is 18.0 Å². The molecule has 0 saturated carbocycles. The first kappa shape index (κ1) is 22.3. The molecule has 0 radical (unpaired) electrons. The van der Waals surface area contributed by atoms with E-state index in [1.165, 1.54) is 11.3 Å². The normalized spacial score (nSPS) is 12.5. The Labute approximate surface area is 192 Å². The zero-order valence-electron chi connectivity index (χ0n) is 18.1. The second kappa shape index (κ2) is 11.1. The molecule has 1 N–H and O–H groups in total. The second-order valence-corrected chi connectivity index (χ2v) is 8.36. The van der Waals surface area contributed by atoms with E-state index in [0.717, 1.165) is 33.1 Å². The minimum atomic E-state index is -0.0860. The third-order valence-corrected chi connectivity index (χ3v) is 6.08. The van der Waals surface area contributed by atoms with Crippen LogP contribution in [0.2, 0.25) is 0 Å². The molecular formula is C25H27NO5S. The number of amides is 1. The number of benzene rings is 2. The number of ether oxygens (including phenoxy) is 4. The quantitative estimate of drug-likeness (QED) is 0.452. The minimum Gasteiger partial charge on any atom is -0.486 e. The first-order chi connectivity index (χ1) is 15.7. The summed E-state index contributed by atoms with van der Waals surface area (Å²) in [5.41, 5.74) is 3.12. The molecule has 0 saturated heterocycles. The Balaban J connectivity index is 1.31. The fraction of sp³-hybridized carbons (Fsp3) is 0.320. The Morgan fingerprint density at radius 2 is 1.78 bits per heavy atom. The van der Waals surface area contributed by atoms with Gasteiger partial charge in [0.05, 0.1) is 24.7 Å². The van der Waals surface area contributed by atoms with Crippen molar-refractivity contribution in [1.29, 1.82) is 0 Å². The topological polar surface area (TPSA) is 66.0 Å². The number of carbonyl (C=O) groups is 1. The van der Waals surface area contributed by atoms with Crippen molar-refractivity contribution in [3.8, 4) is 21.9 Å². The van der Waals surface area contributed by atoms with Crippen molar-refractivity contribution in [1.82, 2.24) is 5.32 Å². The van der Waals surface area contributed by atoms with E-state index < -0.39 is 0 Å². The third-order valence-electron chi connectivity index (χ3n) is 4.95. The highest BCUT2D eigenvalue weighted by Crippen LogP contribution is 2.36. The Hall–Kier alpha value is -2.87. The highest BCUT2D eigenvalue weighted by atomic mass is 32.1. The number of carbonyl (C=O) groups excluding carboxylic acids is 1. The molecule has 32 heavy (non-hydrogen) atoms. The largest absolute Gasteiger partial charge is 0.486 e. The molecule has 1 aromatic heterocycles. The van der Waals surface area contributed by atoms with Crippen LogP contribution in [0.15, 0.2) is 54.6 Å². The van der Waals surface area contributed by atoms with Crippen LogP contribution in [0.4, 0.5) is 0 Å². The summed E-state index contributed by atoms with van der Waals surface area (Å²) in [5.74, 6) is 1.42. The lowest BCUT2D eigenvalue weighted by atomic mass is 10.1. The van der Waals surface area contributed by atoms with E-state index in [1.807, 2.05) is 55.5 Å². The van der Waals surface area contributed by atoms with Crippen LogP contribution in [-0.4, -0.2) is 38.9 Å². The number of nitrogens with one attached hydrogen (secondary N) is 1. The van der Waals surface area contributed by atoms with Crippen LogP contribution in [0, 0.1) is 0 Å². The molecule has 2 aromatic carbocycles. The second-order valence-electron chi connectivity index (χ2n) is 7.27. The van der Waals surface area contributed by atoms with E-state index in [-0.39, 0.29) is 5.91 Å². The molecule has 4 rings (SSSR count). The summed E-state index contributed by atoms with van der Waals surface area (Å²) in [6, 6.07) is 17.7. The maximum absolute atomic E-state index is 12.7. The third kappa shape index (κ3) is 5.88. The molecule has 0 fully saturated rings. The SMILES string of the molecule is CCOCCOCc1cccc(CNC(=O)c2ccc(-c3ccc4c(c3)OCCO4)s2)c1. The predicted molar refractivity (Wildman–Crippen MR) is 125 cm³/mol. The molecule has 0 spiro atoms. The summed E-state index contributed by atoms with van der Waals surface area (Å²) in [6.45, 7) is 5.94. The van der Waals surface area contributed by atoms with E-state index in [9.17, 15) is 4.79 Å². The van der Waals surface area contributed by atoms with Gasteiger partial charge in [0.2, 0.25) is 0 Å². The minimum absolute atomic E-state index is 0.0860. The average molecular weight is 454 g/mol. The van der Waals surface area contributed by atoms with Crippen molar-refractivity contribution in [3.05, 3.63) is 70.6 Å². The molecular weight excluding hydrogens is 426 g/mol. The Bertz CT molecular complexity index is 1050. The van der Waals surface area contributed by atoms with Gasteiger partial charge in [0.25, 0.3) is 5.91 Å². The van der Waals surface area contributed by atoms with Gasteiger partial charge in [0.1, 0.15) is 13.2 Å². The van der Waals surface area contributed by atoms with E-state index in [2.05, 4.69) is 11.4 Å². The number of thiophene rings is 1. The first-order valence-electron chi connectivity index (χ1n) is 10.7. The van der Waals surface area contributed by atoms with Crippen LogP contribution in [0.25, 0.3) is 10.4 Å². The molecule has 1 aliphatic heterocycles. The zero-order chi connectivity index (χ0) is 22.2. The number of fused-ring (bicyclic) bond motifs is 1. The van der Waals surface area contributed by atoms with Crippen molar-refractivity contribution < 1.29 is 23.7 Å². The van der Waals surface area contributed by atoms with E-state index in [4.69, 9.17) is 18.9 Å². The first-order valence-corrected chi connectivity index (χ1v) is 11.6. The van der Waals surface area contributed by atoms with Crippen molar-refractivity contribution in [3.63, 3.8) is 0 Å². The van der Waals surface area contributed by atoms with Gasteiger partial charge in [-0.25, -0.2) is 0 Å². The van der Waals surface area contributed by atoms with Crippen molar-refractivity contribution in [2.45, 2.75) is 20.1 Å². The molecule has 0 bridgehead atoms. The summed E-state index contributed by atoms with van der Waals surface area (Å²) in [5, 5.41) is 3.01. The van der Waals surface area contributed by atoms with Crippen LogP contribution in [0.3, 0.4) is 0 Å². The molecule has 0 unspecified atom stereocenters. The van der Waals surface area contributed by atoms with Gasteiger partial charge in [-0.3, -0.25) is 4.79 Å². The summed E-state index contributed by atoms with van der Waals surface area (Å²) in [7, 11) is 0. The van der Waals surface area contributed by atoms with Crippen molar-refractivity contribution in [2.75, 3.05) is 33.0 Å². The monoisotopic (exact) mass is 453 g/mol. The van der Waals surface area contributed by atoms with Gasteiger partial charge >= 0.3 is 0 Å². The van der Waals surface area contributed by atoms with Gasteiger partial charge in [-0.2, -0.15) is 0 Å². The Kier molecular flexibility index (Phi) is 7.77. The molecule has 1 amide bonds. The maximum atomic E-state index is 12.7. The molecule has 1 aliphatic rings. The summed E-state index contributed by atoms with van der Waals surface area (Å²) >= 11 is 1.46. The van der Waals surface area contributed by atoms with E-state index in [1.54, 1.807) is 0 Å². The van der Waals surface area contributed by atoms with Gasteiger partial charge in [-0.05, 0) is 53.9 Å². The number of hydrogen-bond donors (Lipinski definition) is 1. The van der Waals surface area contributed by atoms with Crippen LogP contribution < -0.4 is 14.8 Å². The van der Waals surface area contributed by atoms with Gasteiger partial charge in [-0.1, -0.05) is 24.3 Å². The fourth-order valence-corrected chi connectivity index (χ4v) is 4.28. The Morgan fingerprint density at radius 1 is 0.969 bits per heavy atom. The molecule has 0 atom stereocenters.